The monoisotopic (exact) mass is 273 g/mol. The predicted molar refractivity (Wildman–Crippen MR) is 76.1 cm³/mol. The lowest BCUT2D eigenvalue weighted by atomic mass is 10.3. The van der Waals surface area contributed by atoms with E-state index in [0.29, 0.717) is 10.8 Å². The molecule has 0 atom stereocenters. The van der Waals surface area contributed by atoms with Gasteiger partial charge >= 0.3 is 5.69 Å². The number of fused-ring (bicyclic) bond motifs is 1. The molecular formula is C14H12ClN3O. The summed E-state index contributed by atoms with van der Waals surface area (Å²) in [6, 6.07) is 11.0. The van der Waals surface area contributed by atoms with Crippen molar-refractivity contribution in [2.45, 2.75) is 6.92 Å². The van der Waals surface area contributed by atoms with Gasteiger partial charge in [0.2, 0.25) is 0 Å². The van der Waals surface area contributed by atoms with E-state index < -0.39 is 0 Å². The van der Waals surface area contributed by atoms with Crippen molar-refractivity contribution in [2.75, 3.05) is 0 Å². The molecule has 0 aliphatic rings. The van der Waals surface area contributed by atoms with Crippen molar-refractivity contribution in [2.24, 2.45) is 7.05 Å². The largest absolute Gasteiger partial charge is 0.334 e. The molecule has 0 unspecified atom stereocenters. The Morgan fingerprint density at radius 2 is 1.95 bits per heavy atom. The third-order valence-electron chi connectivity index (χ3n) is 3.12. The van der Waals surface area contributed by atoms with Crippen LogP contribution in [0.4, 0.5) is 0 Å². The first kappa shape index (κ1) is 12.0. The van der Waals surface area contributed by atoms with Gasteiger partial charge < -0.3 is 0 Å². The van der Waals surface area contributed by atoms with Gasteiger partial charge in [0, 0.05) is 17.8 Å². The van der Waals surface area contributed by atoms with Crippen molar-refractivity contribution in [1.29, 1.82) is 0 Å². The molecule has 0 aliphatic heterocycles. The van der Waals surface area contributed by atoms with Gasteiger partial charge in [0.05, 0.1) is 11.0 Å². The average Bonchev–Trinajstić information content (AvgIpc) is 2.61. The van der Waals surface area contributed by atoms with Crippen LogP contribution >= 0.6 is 11.6 Å². The molecule has 0 aliphatic carbocycles. The third kappa shape index (κ3) is 1.85. The fourth-order valence-electron chi connectivity index (χ4n) is 2.19. The van der Waals surface area contributed by atoms with Crippen LogP contribution < -0.4 is 5.69 Å². The van der Waals surface area contributed by atoms with Gasteiger partial charge in [-0.2, -0.15) is 0 Å². The Kier molecular flexibility index (Phi) is 2.68. The zero-order valence-corrected chi connectivity index (χ0v) is 11.3. The Labute approximate surface area is 114 Å². The van der Waals surface area contributed by atoms with Crippen LogP contribution in [0, 0.1) is 6.92 Å². The third-order valence-corrected chi connectivity index (χ3v) is 3.36. The molecule has 0 bridgehead atoms. The number of hydrogen-bond acceptors (Lipinski definition) is 2. The average molecular weight is 274 g/mol. The van der Waals surface area contributed by atoms with Crippen LogP contribution in [0.2, 0.25) is 5.02 Å². The lowest BCUT2D eigenvalue weighted by molar-refractivity contribution is 0.832. The van der Waals surface area contributed by atoms with Gasteiger partial charge in [-0.25, -0.2) is 14.3 Å². The van der Waals surface area contributed by atoms with E-state index >= 15 is 0 Å². The Hall–Kier alpha value is -2.07. The molecule has 5 heteroatoms. The first-order valence-electron chi connectivity index (χ1n) is 5.89. The maximum Gasteiger partial charge on any atom is 0.334 e. The molecule has 3 rings (SSSR count). The molecule has 3 aromatic rings. The molecule has 0 radical (unpaired) electrons. The number of aryl methyl sites for hydroxylation is 2. The number of pyridine rings is 1. The van der Waals surface area contributed by atoms with Crippen molar-refractivity contribution >= 4 is 22.6 Å². The van der Waals surface area contributed by atoms with E-state index in [9.17, 15) is 4.79 Å². The molecule has 0 saturated heterocycles. The molecule has 4 nitrogen and oxygen atoms in total. The number of aromatic nitrogens is 3. The van der Waals surface area contributed by atoms with E-state index in [1.54, 1.807) is 28.3 Å². The van der Waals surface area contributed by atoms with Crippen LogP contribution in [0.3, 0.4) is 0 Å². The normalized spacial score (nSPS) is 11.1. The molecule has 1 aromatic carbocycles. The quantitative estimate of drug-likeness (QED) is 0.684. The molecule has 2 heterocycles. The highest BCUT2D eigenvalue weighted by molar-refractivity contribution is 6.31. The second kappa shape index (κ2) is 4.24. The summed E-state index contributed by atoms with van der Waals surface area (Å²) < 4.78 is 3.17. The standard InChI is InChI=1S/C14H12ClN3O/c1-9-4-3-5-13(16-9)18-12-8-10(15)6-7-11(12)17(2)14(18)19/h3-8H,1-2H3. The second-order valence-electron chi connectivity index (χ2n) is 4.45. The Bertz CT molecular complexity index is 832. The summed E-state index contributed by atoms with van der Waals surface area (Å²) in [5.41, 5.74) is 2.33. The molecule has 2 aromatic heterocycles. The minimum Gasteiger partial charge on any atom is -0.295 e. The highest BCUT2D eigenvalue weighted by Crippen LogP contribution is 2.20. The van der Waals surface area contributed by atoms with Crippen LogP contribution in [0.5, 0.6) is 0 Å². The molecule has 0 spiro atoms. The molecule has 19 heavy (non-hydrogen) atoms. The van der Waals surface area contributed by atoms with Crippen LogP contribution in [0.1, 0.15) is 5.69 Å². The smallest absolute Gasteiger partial charge is 0.295 e. The first-order chi connectivity index (χ1) is 9.08. The number of imidazole rings is 1. The molecule has 96 valence electrons. The number of nitrogens with zero attached hydrogens (tertiary/aromatic N) is 3. The minimum atomic E-state index is -0.129. The van der Waals surface area contributed by atoms with Gasteiger partial charge in [0.15, 0.2) is 0 Å². The molecule has 0 N–H and O–H groups in total. The fourth-order valence-corrected chi connectivity index (χ4v) is 2.36. The summed E-state index contributed by atoms with van der Waals surface area (Å²) >= 11 is 6.03. The number of benzene rings is 1. The second-order valence-corrected chi connectivity index (χ2v) is 4.88. The van der Waals surface area contributed by atoms with Crippen molar-refractivity contribution in [1.82, 2.24) is 14.1 Å². The van der Waals surface area contributed by atoms with E-state index in [0.717, 1.165) is 16.7 Å². The molecule has 0 amide bonds. The number of hydrogen-bond donors (Lipinski definition) is 0. The topological polar surface area (TPSA) is 39.8 Å². The van der Waals surface area contributed by atoms with Crippen molar-refractivity contribution in [3.05, 3.63) is 57.6 Å². The van der Waals surface area contributed by atoms with Gasteiger partial charge in [-0.15, -0.1) is 0 Å². The molecular weight excluding hydrogens is 262 g/mol. The lowest BCUT2D eigenvalue weighted by Gasteiger charge is -2.03. The van der Waals surface area contributed by atoms with E-state index in [1.807, 2.05) is 31.2 Å². The SMILES string of the molecule is Cc1cccc(-n2c(=O)n(C)c3ccc(Cl)cc32)n1. The summed E-state index contributed by atoms with van der Waals surface area (Å²) in [5.74, 6) is 0.609. The zero-order chi connectivity index (χ0) is 13.6. The van der Waals surface area contributed by atoms with Gasteiger partial charge in [-0.05, 0) is 37.3 Å². The summed E-state index contributed by atoms with van der Waals surface area (Å²) in [6.45, 7) is 1.90. The van der Waals surface area contributed by atoms with Crippen molar-refractivity contribution < 1.29 is 0 Å². The van der Waals surface area contributed by atoms with Crippen LogP contribution in [0.15, 0.2) is 41.2 Å². The Morgan fingerprint density at radius 1 is 1.16 bits per heavy atom. The first-order valence-corrected chi connectivity index (χ1v) is 6.27. The van der Waals surface area contributed by atoms with E-state index in [1.165, 1.54) is 0 Å². The number of halogens is 1. The van der Waals surface area contributed by atoms with Crippen LogP contribution in [-0.2, 0) is 7.05 Å². The Balaban J connectivity index is 2.44. The van der Waals surface area contributed by atoms with Crippen molar-refractivity contribution in [3.63, 3.8) is 0 Å². The highest BCUT2D eigenvalue weighted by Gasteiger charge is 2.13. The van der Waals surface area contributed by atoms with Crippen molar-refractivity contribution in [3.8, 4) is 5.82 Å². The maximum absolute atomic E-state index is 12.4. The zero-order valence-electron chi connectivity index (χ0n) is 10.6. The fraction of sp³-hybridized carbons (Fsp3) is 0.143. The van der Waals surface area contributed by atoms with Gasteiger partial charge in [0.25, 0.3) is 0 Å². The van der Waals surface area contributed by atoms with Crippen LogP contribution in [0.25, 0.3) is 16.9 Å². The van der Waals surface area contributed by atoms with Gasteiger partial charge in [-0.3, -0.25) is 4.57 Å². The summed E-state index contributed by atoms with van der Waals surface area (Å²) in [6.07, 6.45) is 0. The Morgan fingerprint density at radius 3 is 2.68 bits per heavy atom. The van der Waals surface area contributed by atoms with E-state index in [2.05, 4.69) is 4.98 Å². The van der Waals surface area contributed by atoms with Gasteiger partial charge in [-0.1, -0.05) is 17.7 Å². The van der Waals surface area contributed by atoms with E-state index in [4.69, 9.17) is 11.6 Å². The maximum atomic E-state index is 12.4. The van der Waals surface area contributed by atoms with E-state index in [-0.39, 0.29) is 5.69 Å². The predicted octanol–water partition coefficient (Wildman–Crippen LogP) is 2.69. The summed E-state index contributed by atoms with van der Waals surface area (Å²) in [7, 11) is 1.74. The van der Waals surface area contributed by atoms with Gasteiger partial charge in [0.1, 0.15) is 5.82 Å². The molecule has 0 fully saturated rings. The van der Waals surface area contributed by atoms with Crippen LogP contribution in [-0.4, -0.2) is 14.1 Å². The number of rotatable bonds is 1. The highest BCUT2D eigenvalue weighted by atomic mass is 35.5. The summed E-state index contributed by atoms with van der Waals surface area (Å²) in [4.78, 5) is 16.8. The minimum absolute atomic E-state index is 0.129. The summed E-state index contributed by atoms with van der Waals surface area (Å²) in [5, 5.41) is 0.597. The molecule has 0 saturated carbocycles. The lowest BCUT2D eigenvalue weighted by Crippen LogP contribution is -2.21.